The van der Waals surface area contributed by atoms with Crippen LogP contribution < -0.4 is 4.74 Å². The summed E-state index contributed by atoms with van der Waals surface area (Å²) in [5.41, 5.74) is 3.77. The van der Waals surface area contributed by atoms with E-state index in [1.54, 1.807) is 0 Å². The van der Waals surface area contributed by atoms with Gasteiger partial charge in [-0.3, -0.25) is 4.79 Å². The zero-order chi connectivity index (χ0) is 26.2. The number of carboxylic acid groups (broad SMARTS) is 1. The van der Waals surface area contributed by atoms with E-state index in [1.807, 2.05) is 36.4 Å². The molecule has 2 aromatic carbocycles. The number of carbonyl (C=O) groups excluding carboxylic acids is 1. The van der Waals surface area contributed by atoms with Crippen molar-refractivity contribution in [2.75, 3.05) is 13.2 Å². The molecular weight excluding hydrogens is 444 g/mol. The molecule has 0 unspecified atom stereocenters. The molecule has 0 saturated heterocycles. The number of ether oxygens (including phenoxy) is 1. The average molecular weight is 483 g/mol. The smallest absolute Gasteiger partial charge is 0.300 e. The Hall–Kier alpha value is -3.45. The first-order chi connectivity index (χ1) is 16.7. The van der Waals surface area contributed by atoms with Gasteiger partial charge in [-0.1, -0.05) is 44.4 Å². The SMILES string of the molecule is CC(=O)O.CC(C)=O.CCCCCCC(=N)c1cn(-c2ccccc2)c2ccc(OCCO)cc12. The lowest BCUT2D eigenvalue weighted by Gasteiger charge is -2.07. The minimum atomic E-state index is -0.833. The summed E-state index contributed by atoms with van der Waals surface area (Å²) < 4.78 is 7.74. The molecule has 0 aliphatic heterocycles. The minimum Gasteiger partial charge on any atom is -0.491 e. The van der Waals surface area contributed by atoms with Crippen LogP contribution in [0.15, 0.2) is 54.7 Å². The highest BCUT2D eigenvalue weighted by Gasteiger charge is 2.14. The Morgan fingerprint density at radius 2 is 1.63 bits per heavy atom. The number of aliphatic carboxylic acids is 1. The van der Waals surface area contributed by atoms with E-state index >= 15 is 0 Å². The first kappa shape index (κ1) is 29.6. The number of nitrogens with zero attached hydrogens (tertiary/aromatic N) is 1. The Morgan fingerprint density at radius 1 is 1.00 bits per heavy atom. The van der Waals surface area contributed by atoms with E-state index in [2.05, 4.69) is 29.8 Å². The van der Waals surface area contributed by atoms with Crippen molar-refractivity contribution in [1.82, 2.24) is 4.57 Å². The van der Waals surface area contributed by atoms with Crippen LogP contribution in [0.3, 0.4) is 0 Å². The maximum absolute atomic E-state index is 9.44. The van der Waals surface area contributed by atoms with Crippen molar-refractivity contribution in [1.29, 1.82) is 5.41 Å². The number of unbranched alkanes of at least 4 members (excludes halogenated alkanes) is 3. The van der Waals surface area contributed by atoms with Gasteiger partial charge in [0.05, 0.1) is 12.1 Å². The van der Waals surface area contributed by atoms with Crippen LogP contribution in [0.5, 0.6) is 5.75 Å². The highest BCUT2D eigenvalue weighted by Crippen LogP contribution is 2.30. The van der Waals surface area contributed by atoms with Gasteiger partial charge in [0, 0.05) is 35.5 Å². The van der Waals surface area contributed by atoms with Crippen LogP contribution in [0.25, 0.3) is 16.6 Å². The van der Waals surface area contributed by atoms with Crippen LogP contribution in [0.1, 0.15) is 65.4 Å². The standard InChI is InChI=1S/C23H28N2O2.C3H6O.C2H4O2/c1-2-3-4-8-11-22(24)21-17-25(18-9-6-5-7-10-18)23-13-12-19(16-20(21)23)27-15-14-26;1-3(2)4;1-2(3)4/h5-7,9-10,12-13,16-17,24,26H,2-4,8,11,14-15H2,1H3;1-2H3;1H3,(H,3,4). The number of hydrogen-bond donors (Lipinski definition) is 3. The molecule has 0 bridgehead atoms. The number of hydrogen-bond acceptors (Lipinski definition) is 5. The van der Waals surface area contributed by atoms with Crippen molar-refractivity contribution in [2.45, 2.75) is 59.8 Å². The molecule has 0 aliphatic rings. The molecular formula is C28H38N2O5. The summed E-state index contributed by atoms with van der Waals surface area (Å²) in [4.78, 5) is 18.4. The van der Waals surface area contributed by atoms with Gasteiger partial charge in [-0.25, -0.2) is 0 Å². The van der Waals surface area contributed by atoms with Crippen molar-refractivity contribution in [3.05, 3.63) is 60.3 Å². The van der Waals surface area contributed by atoms with Crippen molar-refractivity contribution >= 4 is 28.4 Å². The summed E-state index contributed by atoms with van der Waals surface area (Å²) >= 11 is 0. The van der Waals surface area contributed by atoms with Crippen LogP contribution in [-0.2, 0) is 9.59 Å². The number of carboxylic acids is 1. The molecule has 0 saturated carbocycles. The molecule has 3 N–H and O–H groups in total. The number of nitrogens with one attached hydrogen (secondary N) is 1. The summed E-state index contributed by atoms with van der Waals surface area (Å²) in [6.45, 7) is 6.60. The van der Waals surface area contributed by atoms with Crippen LogP contribution in [0.2, 0.25) is 0 Å². The number of fused-ring (bicyclic) bond motifs is 1. The van der Waals surface area contributed by atoms with E-state index in [-0.39, 0.29) is 19.0 Å². The Labute approximate surface area is 207 Å². The largest absolute Gasteiger partial charge is 0.491 e. The number of aliphatic hydroxyl groups is 1. The van der Waals surface area contributed by atoms with Gasteiger partial charge >= 0.3 is 0 Å². The van der Waals surface area contributed by atoms with E-state index in [0.717, 1.165) is 47.7 Å². The quantitative estimate of drug-likeness (QED) is 0.241. The molecule has 0 aliphatic carbocycles. The first-order valence-corrected chi connectivity index (χ1v) is 11.9. The van der Waals surface area contributed by atoms with Crippen LogP contribution in [0.4, 0.5) is 0 Å². The van der Waals surface area contributed by atoms with Crippen LogP contribution in [-0.4, -0.2) is 45.5 Å². The van der Waals surface area contributed by atoms with Crippen molar-refractivity contribution in [2.24, 2.45) is 0 Å². The van der Waals surface area contributed by atoms with Gasteiger partial charge in [-0.05, 0) is 57.0 Å². The number of carbonyl (C=O) groups is 2. The maximum Gasteiger partial charge on any atom is 0.300 e. The second kappa shape index (κ2) is 16.2. The second-order valence-corrected chi connectivity index (χ2v) is 8.22. The van der Waals surface area contributed by atoms with Gasteiger partial charge in [-0.15, -0.1) is 0 Å². The van der Waals surface area contributed by atoms with Gasteiger partial charge in [-0.2, -0.15) is 0 Å². The molecule has 0 atom stereocenters. The summed E-state index contributed by atoms with van der Waals surface area (Å²) in [5, 5.41) is 26.1. The molecule has 3 rings (SSSR count). The van der Waals surface area contributed by atoms with Gasteiger partial charge in [0.15, 0.2) is 0 Å². The Morgan fingerprint density at radius 3 is 2.20 bits per heavy atom. The normalized spacial score (nSPS) is 9.97. The molecule has 3 aromatic rings. The molecule has 1 aromatic heterocycles. The van der Waals surface area contributed by atoms with E-state index in [1.165, 1.54) is 33.1 Å². The van der Waals surface area contributed by atoms with E-state index in [9.17, 15) is 4.79 Å². The van der Waals surface area contributed by atoms with E-state index in [0.29, 0.717) is 5.71 Å². The zero-order valence-electron chi connectivity index (χ0n) is 21.2. The zero-order valence-corrected chi connectivity index (χ0v) is 21.2. The molecule has 7 nitrogen and oxygen atoms in total. The second-order valence-electron chi connectivity index (χ2n) is 8.22. The molecule has 0 fully saturated rings. The fourth-order valence-corrected chi connectivity index (χ4v) is 3.37. The topological polar surface area (TPSA) is 113 Å². The van der Waals surface area contributed by atoms with Gasteiger partial charge < -0.3 is 29.7 Å². The van der Waals surface area contributed by atoms with Gasteiger partial charge in [0.2, 0.25) is 0 Å². The predicted octanol–water partition coefficient (Wildman–Crippen LogP) is 6.03. The number of aliphatic hydroxyl groups excluding tert-OH is 1. The number of aromatic nitrogens is 1. The van der Waals surface area contributed by atoms with Crippen LogP contribution >= 0.6 is 0 Å². The molecule has 190 valence electrons. The highest BCUT2D eigenvalue weighted by atomic mass is 16.5. The summed E-state index contributed by atoms with van der Waals surface area (Å²) in [6.07, 6.45) is 7.49. The third kappa shape index (κ3) is 11.0. The third-order valence-electron chi connectivity index (χ3n) is 4.78. The van der Waals surface area contributed by atoms with Crippen LogP contribution in [0, 0.1) is 5.41 Å². The number of benzene rings is 2. The lowest BCUT2D eigenvalue weighted by atomic mass is 10.0. The number of ketones is 1. The number of rotatable bonds is 10. The predicted molar refractivity (Wildman–Crippen MR) is 141 cm³/mol. The summed E-state index contributed by atoms with van der Waals surface area (Å²) in [6, 6.07) is 16.1. The monoisotopic (exact) mass is 482 g/mol. The lowest BCUT2D eigenvalue weighted by molar-refractivity contribution is -0.134. The van der Waals surface area contributed by atoms with Gasteiger partial charge in [0.25, 0.3) is 5.97 Å². The van der Waals surface area contributed by atoms with Crippen molar-refractivity contribution in [3.8, 4) is 11.4 Å². The summed E-state index contributed by atoms with van der Waals surface area (Å²) in [5.74, 6) is 0.0578. The van der Waals surface area contributed by atoms with Crippen molar-refractivity contribution < 1.29 is 24.5 Å². The van der Waals surface area contributed by atoms with E-state index in [4.69, 9.17) is 25.2 Å². The van der Waals surface area contributed by atoms with Gasteiger partial charge in [0.1, 0.15) is 18.1 Å². The fraction of sp³-hybridized carbons (Fsp3) is 0.393. The molecule has 1 heterocycles. The molecule has 0 amide bonds. The number of para-hydroxylation sites is 1. The summed E-state index contributed by atoms with van der Waals surface area (Å²) in [7, 11) is 0. The first-order valence-electron chi connectivity index (χ1n) is 11.9. The molecule has 0 radical (unpaired) electrons. The highest BCUT2D eigenvalue weighted by molar-refractivity contribution is 6.10. The Kier molecular flexibility index (Phi) is 13.7. The average Bonchev–Trinajstić information content (AvgIpc) is 3.19. The molecule has 7 heteroatoms. The Bertz CT molecular complexity index is 1050. The van der Waals surface area contributed by atoms with Crippen molar-refractivity contribution in [3.63, 3.8) is 0 Å². The maximum atomic E-state index is 9.44. The lowest BCUT2D eigenvalue weighted by Crippen LogP contribution is -2.01. The fourth-order valence-electron chi connectivity index (χ4n) is 3.37. The van der Waals surface area contributed by atoms with E-state index < -0.39 is 5.97 Å². The molecule has 0 spiro atoms. The molecule has 35 heavy (non-hydrogen) atoms. The third-order valence-corrected chi connectivity index (χ3v) is 4.78. The minimum absolute atomic E-state index is 0.0107. The Balaban J connectivity index is 0.000000668. The number of Topliss-reactive ketones (excluding diaryl/α,β-unsaturated/α-hetero) is 1.